The van der Waals surface area contributed by atoms with Gasteiger partial charge in [0.2, 0.25) is 0 Å². The quantitative estimate of drug-likeness (QED) is 0.103. The molecule has 0 atom stereocenters. The smallest absolute Gasteiger partial charge is 0.307 e. The Morgan fingerprint density at radius 2 is 1.58 bits per heavy atom. The molecule has 1 aromatic rings. The van der Waals surface area contributed by atoms with Crippen LogP contribution in [-0.2, 0) is 25.6 Å². The van der Waals surface area contributed by atoms with Gasteiger partial charge in [-0.25, -0.2) is 4.98 Å². The lowest BCUT2D eigenvalue weighted by atomic mass is 10.1. The number of terminal acetylenes is 1. The van der Waals surface area contributed by atoms with E-state index in [1.54, 1.807) is 12.5 Å². The number of hydrogen-bond acceptors (Lipinski definition) is 7. The highest BCUT2D eigenvalue weighted by Gasteiger charge is 2.12. The molecule has 0 aliphatic heterocycles. The zero-order chi connectivity index (χ0) is 26.1. The lowest BCUT2D eigenvalue weighted by molar-refractivity contribution is -0.144. The Morgan fingerprint density at radius 3 is 2.22 bits per heavy atom. The zero-order valence-electron chi connectivity index (χ0n) is 22.3. The summed E-state index contributed by atoms with van der Waals surface area (Å²) in [5.41, 5.74) is 0. The molecule has 0 aliphatic carbocycles. The minimum absolute atomic E-state index is 0.173. The minimum Gasteiger partial charge on any atom is -0.466 e. The van der Waals surface area contributed by atoms with Gasteiger partial charge in [0.25, 0.3) is 0 Å². The summed E-state index contributed by atoms with van der Waals surface area (Å²) in [5.74, 6) is 4.30. The Bertz CT molecular complexity index is 706. The van der Waals surface area contributed by atoms with Crippen molar-refractivity contribution in [1.82, 2.24) is 14.5 Å². The van der Waals surface area contributed by atoms with Crippen LogP contribution in [0.3, 0.4) is 0 Å². The van der Waals surface area contributed by atoms with Crippen LogP contribution in [0.15, 0.2) is 18.7 Å². The van der Waals surface area contributed by atoms with E-state index in [-0.39, 0.29) is 11.9 Å². The first kappa shape index (κ1) is 32.0. The first-order valence-electron chi connectivity index (χ1n) is 13.7. The van der Waals surface area contributed by atoms with E-state index in [0.717, 1.165) is 50.3 Å². The number of rotatable bonds is 24. The van der Waals surface area contributed by atoms with E-state index in [4.69, 9.17) is 15.9 Å². The highest BCUT2D eigenvalue weighted by Crippen LogP contribution is 2.11. The molecule has 8 heteroatoms. The van der Waals surface area contributed by atoms with E-state index in [1.807, 2.05) is 29.4 Å². The molecule has 0 bridgehead atoms. The number of carbonyl (C=O) groups is 2. The number of imidazole rings is 1. The fourth-order valence-electron chi connectivity index (χ4n) is 3.72. The molecule has 1 aromatic heterocycles. The second-order valence-corrected chi connectivity index (χ2v) is 10.2. The number of nitrogens with zero attached hydrogens (tertiary/aromatic N) is 3. The number of carbonyl (C=O) groups excluding carboxylic acids is 2. The number of unbranched alkanes of at least 4 members (excludes halogenated alkanes) is 7. The molecule has 1 rings (SSSR count). The van der Waals surface area contributed by atoms with Crippen molar-refractivity contribution in [1.29, 1.82) is 0 Å². The van der Waals surface area contributed by atoms with Gasteiger partial charge in [-0.3, -0.25) is 9.59 Å². The molecular weight excluding hydrogens is 474 g/mol. The summed E-state index contributed by atoms with van der Waals surface area (Å²) in [5, 5.41) is 0. The highest BCUT2D eigenvalue weighted by molar-refractivity contribution is 7.99. The van der Waals surface area contributed by atoms with Gasteiger partial charge in [-0.05, 0) is 38.0 Å². The fourth-order valence-corrected chi connectivity index (χ4v) is 4.54. The topological polar surface area (TPSA) is 73.7 Å². The van der Waals surface area contributed by atoms with Gasteiger partial charge in [0.15, 0.2) is 0 Å². The molecule has 0 saturated heterocycles. The lowest BCUT2D eigenvalue weighted by Crippen LogP contribution is -2.31. The summed E-state index contributed by atoms with van der Waals surface area (Å²) in [6, 6.07) is 0. The summed E-state index contributed by atoms with van der Waals surface area (Å²) >= 11 is 1.85. The predicted molar refractivity (Wildman–Crippen MR) is 148 cm³/mol. The molecule has 36 heavy (non-hydrogen) atoms. The van der Waals surface area contributed by atoms with Gasteiger partial charge in [0.1, 0.15) is 6.61 Å². The summed E-state index contributed by atoms with van der Waals surface area (Å²) < 4.78 is 12.6. The Morgan fingerprint density at radius 1 is 0.917 bits per heavy atom. The van der Waals surface area contributed by atoms with E-state index in [0.29, 0.717) is 39.1 Å². The molecule has 0 aliphatic rings. The van der Waals surface area contributed by atoms with E-state index >= 15 is 0 Å². The Balaban J connectivity index is 2.11. The number of aryl methyl sites for hydroxylation is 1. The standard InChI is InChI=1S/C28H47N3O4S/c1-3-5-6-7-8-9-10-11-12-24-36-25-23-35-28(33)15-20-30(19-14-27(32)34-22-4-2)17-13-18-31-21-16-29-26-31/h1,16,21,26H,4-15,17-20,22-25H2,2H3. The molecule has 0 radical (unpaired) electrons. The van der Waals surface area contributed by atoms with Crippen molar-refractivity contribution in [2.45, 2.75) is 90.5 Å². The van der Waals surface area contributed by atoms with Crippen LogP contribution in [0.1, 0.15) is 84.0 Å². The Kier molecular flexibility index (Phi) is 20.9. The number of aromatic nitrogens is 2. The van der Waals surface area contributed by atoms with Gasteiger partial charge in [-0.2, -0.15) is 11.8 Å². The second-order valence-electron chi connectivity index (χ2n) is 8.98. The number of ether oxygens (including phenoxy) is 2. The van der Waals surface area contributed by atoms with E-state index in [1.165, 1.54) is 38.5 Å². The summed E-state index contributed by atoms with van der Waals surface area (Å²) in [4.78, 5) is 30.3. The van der Waals surface area contributed by atoms with Crippen LogP contribution in [0.5, 0.6) is 0 Å². The monoisotopic (exact) mass is 521 g/mol. The van der Waals surface area contributed by atoms with E-state index in [9.17, 15) is 9.59 Å². The summed E-state index contributed by atoms with van der Waals surface area (Å²) in [6.07, 6.45) is 22.8. The molecule has 1 heterocycles. The summed E-state index contributed by atoms with van der Waals surface area (Å²) in [7, 11) is 0. The van der Waals surface area contributed by atoms with Crippen molar-refractivity contribution in [3.8, 4) is 12.3 Å². The van der Waals surface area contributed by atoms with Gasteiger partial charge in [0.05, 0.1) is 25.8 Å². The molecule has 0 saturated carbocycles. The van der Waals surface area contributed by atoms with Crippen LogP contribution in [0, 0.1) is 12.3 Å². The average Bonchev–Trinajstić information content (AvgIpc) is 3.40. The molecule has 204 valence electrons. The number of hydrogen-bond donors (Lipinski definition) is 0. The van der Waals surface area contributed by atoms with Gasteiger partial charge >= 0.3 is 11.9 Å². The van der Waals surface area contributed by atoms with Crippen LogP contribution in [0.4, 0.5) is 0 Å². The second kappa shape index (κ2) is 23.4. The van der Waals surface area contributed by atoms with Crippen LogP contribution >= 0.6 is 11.8 Å². The van der Waals surface area contributed by atoms with Crippen LogP contribution in [-0.4, -0.2) is 70.7 Å². The van der Waals surface area contributed by atoms with Gasteiger partial charge in [0, 0.05) is 44.2 Å². The normalized spacial score (nSPS) is 10.9. The molecule has 0 amide bonds. The van der Waals surface area contributed by atoms with Crippen LogP contribution in [0.25, 0.3) is 0 Å². The lowest BCUT2D eigenvalue weighted by Gasteiger charge is -2.21. The molecule has 0 N–H and O–H groups in total. The zero-order valence-corrected chi connectivity index (χ0v) is 23.2. The Hall–Kier alpha value is -1.98. The van der Waals surface area contributed by atoms with Crippen molar-refractivity contribution in [3.05, 3.63) is 18.7 Å². The third-order valence-corrected chi connectivity index (χ3v) is 6.81. The van der Waals surface area contributed by atoms with Gasteiger partial charge < -0.3 is 18.9 Å². The fraction of sp³-hybridized carbons (Fsp3) is 0.750. The van der Waals surface area contributed by atoms with Crippen LogP contribution < -0.4 is 0 Å². The minimum atomic E-state index is -0.184. The van der Waals surface area contributed by atoms with E-state index in [2.05, 4.69) is 15.8 Å². The van der Waals surface area contributed by atoms with Crippen molar-refractivity contribution in [2.75, 3.05) is 44.4 Å². The highest BCUT2D eigenvalue weighted by atomic mass is 32.2. The first-order chi connectivity index (χ1) is 17.7. The SMILES string of the molecule is C#CCCCCCCCCCSCCOC(=O)CCN(CCCn1ccnc1)CCC(=O)OCCC. The third-order valence-electron chi connectivity index (χ3n) is 5.78. The Labute approximate surface area is 223 Å². The van der Waals surface area contributed by atoms with Gasteiger partial charge in [-0.1, -0.05) is 39.0 Å². The maximum atomic E-state index is 12.2. The van der Waals surface area contributed by atoms with Crippen molar-refractivity contribution in [3.63, 3.8) is 0 Å². The molecule has 7 nitrogen and oxygen atoms in total. The predicted octanol–water partition coefficient (Wildman–Crippen LogP) is 5.34. The van der Waals surface area contributed by atoms with Crippen molar-refractivity contribution < 1.29 is 19.1 Å². The first-order valence-corrected chi connectivity index (χ1v) is 14.8. The number of esters is 2. The maximum absolute atomic E-state index is 12.2. The van der Waals surface area contributed by atoms with Gasteiger partial charge in [-0.15, -0.1) is 12.3 Å². The average molecular weight is 522 g/mol. The maximum Gasteiger partial charge on any atom is 0.307 e. The molecule has 0 unspecified atom stereocenters. The van der Waals surface area contributed by atoms with Crippen molar-refractivity contribution >= 4 is 23.7 Å². The third kappa shape index (κ3) is 19.2. The molecule has 0 spiro atoms. The van der Waals surface area contributed by atoms with E-state index < -0.39 is 0 Å². The molecular formula is C28H47N3O4S. The largest absolute Gasteiger partial charge is 0.466 e. The van der Waals surface area contributed by atoms with Crippen molar-refractivity contribution in [2.24, 2.45) is 0 Å². The molecule has 0 aromatic carbocycles. The number of thioether (sulfide) groups is 1. The van der Waals surface area contributed by atoms with Crippen LogP contribution in [0.2, 0.25) is 0 Å². The molecule has 0 fully saturated rings. The summed E-state index contributed by atoms with van der Waals surface area (Å²) in [6.45, 7) is 5.71.